The molecule has 27 heavy (non-hydrogen) atoms. The Morgan fingerprint density at radius 2 is 1.30 bits per heavy atom. The minimum Gasteiger partial charge on any atom is -0.308 e. The van der Waals surface area contributed by atoms with Gasteiger partial charge in [-0.2, -0.15) is 0 Å². The van der Waals surface area contributed by atoms with Crippen molar-refractivity contribution in [3.05, 3.63) is 96.6 Å². The fraction of sp³-hybridized carbons (Fsp3) is 0.0400. The van der Waals surface area contributed by atoms with Crippen molar-refractivity contribution in [3.63, 3.8) is 0 Å². The second-order valence-electron chi connectivity index (χ2n) is 7.16. The van der Waals surface area contributed by atoms with Gasteiger partial charge in [0.25, 0.3) is 0 Å². The Morgan fingerprint density at radius 3 is 2.15 bits per heavy atom. The zero-order valence-electron chi connectivity index (χ0n) is 15.6. The molecule has 2 heteroatoms. The first-order valence-corrected chi connectivity index (χ1v) is 9.40. The molecule has 1 heterocycles. The topological polar surface area (TPSA) is 4.93 Å². The fourth-order valence-electron chi connectivity index (χ4n) is 4.18. The standard InChI is InChI=1S/C25H20BN/c1-17-9-2-6-15-23(17)27-24-16-7-4-11-19(24)21-13-8-12-20(25(21)27)18-10-3-5-14-22(18)26/h2-16H,26H2,1H3. The summed E-state index contributed by atoms with van der Waals surface area (Å²) in [7, 11) is 2.19. The third-order valence-corrected chi connectivity index (χ3v) is 5.49. The van der Waals surface area contributed by atoms with Gasteiger partial charge in [-0.1, -0.05) is 84.3 Å². The Kier molecular flexibility index (Phi) is 3.65. The molecule has 0 saturated heterocycles. The lowest BCUT2D eigenvalue weighted by Gasteiger charge is -2.14. The number of aryl methyl sites for hydroxylation is 1. The number of benzene rings is 4. The van der Waals surface area contributed by atoms with E-state index >= 15 is 0 Å². The summed E-state index contributed by atoms with van der Waals surface area (Å²) in [6.07, 6.45) is 0. The Hall–Kier alpha value is -3.26. The summed E-state index contributed by atoms with van der Waals surface area (Å²) in [6.45, 7) is 2.19. The van der Waals surface area contributed by atoms with Crippen molar-refractivity contribution in [3.8, 4) is 16.8 Å². The van der Waals surface area contributed by atoms with Crippen LogP contribution in [0.5, 0.6) is 0 Å². The molecule has 1 aromatic heterocycles. The summed E-state index contributed by atoms with van der Waals surface area (Å²) < 4.78 is 2.43. The molecule has 0 radical (unpaired) electrons. The van der Waals surface area contributed by atoms with Gasteiger partial charge in [-0.25, -0.2) is 0 Å². The summed E-state index contributed by atoms with van der Waals surface area (Å²) in [6, 6.07) is 32.7. The van der Waals surface area contributed by atoms with Crippen LogP contribution in [0.4, 0.5) is 0 Å². The first-order chi connectivity index (χ1) is 13.3. The number of hydrogen-bond donors (Lipinski definition) is 0. The monoisotopic (exact) mass is 345 g/mol. The molecule has 128 valence electrons. The van der Waals surface area contributed by atoms with Crippen molar-refractivity contribution in [1.29, 1.82) is 0 Å². The number of rotatable bonds is 2. The molecule has 5 rings (SSSR count). The lowest BCUT2D eigenvalue weighted by molar-refractivity contribution is 1.15. The third kappa shape index (κ3) is 2.41. The van der Waals surface area contributed by atoms with E-state index in [9.17, 15) is 0 Å². The highest BCUT2D eigenvalue weighted by Crippen LogP contribution is 2.37. The summed E-state index contributed by atoms with van der Waals surface area (Å²) >= 11 is 0. The highest BCUT2D eigenvalue weighted by Gasteiger charge is 2.17. The zero-order chi connectivity index (χ0) is 18.4. The van der Waals surface area contributed by atoms with Gasteiger partial charge in [0.05, 0.1) is 11.0 Å². The van der Waals surface area contributed by atoms with Gasteiger partial charge < -0.3 is 4.57 Å². The minimum atomic E-state index is 1.24. The summed E-state index contributed by atoms with van der Waals surface area (Å²) in [5.74, 6) is 0. The molecule has 0 atom stereocenters. The Labute approximate surface area is 160 Å². The van der Waals surface area contributed by atoms with Crippen molar-refractivity contribution >= 4 is 35.1 Å². The number of aromatic nitrogens is 1. The van der Waals surface area contributed by atoms with E-state index in [1.807, 2.05) is 0 Å². The lowest BCUT2D eigenvalue weighted by atomic mass is 9.86. The van der Waals surface area contributed by atoms with E-state index in [-0.39, 0.29) is 0 Å². The second kappa shape index (κ2) is 6.17. The smallest absolute Gasteiger partial charge is 0.140 e. The molecule has 4 aromatic carbocycles. The maximum atomic E-state index is 2.43. The van der Waals surface area contributed by atoms with E-state index in [0.717, 1.165) is 0 Å². The van der Waals surface area contributed by atoms with Gasteiger partial charge in [-0.3, -0.25) is 0 Å². The molecule has 0 saturated carbocycles. The minimum absolute atomic E-state index is 1.24. The molecular weight excluding hydrogens is 325 g/mol. The van der Waals surface area contributed by atoms with Crippen LogP contribution in [0.15, 0.2) is 91.0 Å². The normalized spacial score (nSPS) is 11.3. The van der Waals surface area contributed by atoms with Crippen LogP contribution < -0.4 is 5.46 Å². The van der Waals surface area contributed by atoms with Gasteiger partial charge in [0, 0.05) is 22.0 Å². The van der Waals surface area contributed by atoms with Crippen molar-refractivity contribution in [2.24, 2.45) is 0 Å². The SMILES string of the molecule is Bc1ccccc1-c1cccc2c3ccccc3n(-c3ccccc3C)c12. The van der Waals surface area contributed by atoms with Crippen LogP contribution in [-0.2, 0) is 0 Å². The number of fused-ring (bicyclic) bond motifs is 3. The summed E-state index contributed by atoms with van der Waals surface area (Å²) in [5.41, 5.74) is 8.92. The second-order valence-corrected chi connectivity index (χ2v) is 7.16. The predicted molar refractivity (Wildman–Crippen MR) is 119 cm³/mol. The molecule has 0 fully saturated rings. The van der Waals surface area contributed by atoms with Gasteiger partial charge >= 0.3 is 0 Å². The van der Waals surface area contributed by atoms with Crippen molar-refractivity contribution in [2.75, 3.05) is 0 Å². The van der Waals surface area contributed by atoms with Crippen molar-refractivity contribution in [1.82, 2.24) is 4.57 Å². The van der Waals surface area contributed by atoms with Crippen LogP contribution in [0.2, 0.25) is 0 Å². The first-order valence-electron chi connectivity index (χ1n) is 9.40. The van der Waals surface area contributed by atoms with E-state index in [1.165, 1.54) is 49.6 Å². The third-order valence-electron chi connectivity index (χ3n) is 5.49. The largest absolute Gasteiger partial charge is 0.308 e. The number of nitrogens with zero attached hydrogens (tertiary/aromatic N) is 1. The van der Waals surface area contributed by atoms with Gasteiger partial charge in [0.2, 0.25) is 0 Å². The zero-order valence-corrected chi connectivity index (χ0v) is 15.6. The quantitative estimate of drug-likeness (QED) is 0.396. The Morgan fingerprint density at radius 1 is 0.630 bits per heavy atom. The molecule has 1 nitrogen and oxygen atoms in total. The van der Waals surface area contributed by atoms with Gasteiger partial charge in [0.1, 0.15) is 7.85 Å². The molecule has 0 bridgehead atoms. The Balaban J connectivity index is 2.01. The van der Waals surface area contributed by atoms with Gasteiger partial charge in [0.15, 0.2) is 0 Å². The summed E-state index contributed by atoms with van der Waals surface area (Å²) in [4.78, 5) is 0. The molecule has 0 unspecified atom stereocenters. The van der Waals surface area contributed by atoms with Crippen LogP contribution in [-0.4, -0.2) is 12.4 Å². The molecular formula is C25H20BN. The Bertz CT molecular complexity index is 1300. The van der Waals surface area contributed by atoms with Crippen LogP contribution in [0, 0.1) is 6.92 Å². The van der Waals surface area contributed by atoms with E-state index in [4.69, 9.17) is 0 Å². The molecule has 0 spiro atoms. The van der Waals surface area contributed by atoms with Crippen LogP contribution >= 0.6 is 0 Å². The lowest BCUT2D eigenvalue weighted by Crippen LogP contribution is -2.06. The van der Waals surface area contributed by atoms with E-state index in [1.54, 1.807) is 0 Å². The molecule has 0 amide bonds. The molecule has 0 N–H and O–H groups in total. The maximum absolute atomic E-state index is 2.43. The van der Waals surface area contributed by atoms with Gasteiger partial charge in [-0.05, 0) is 30.2 Å². The highest BCUT2D eigenvalue weighted by molar-refractivity contribution is 6.36. The fourth-order valence-corrected chi connectivity index (χ4v) is 4.18. The van der Waals surface area contributed by atoms with Crippen molar-refractivity contribution in [2.45, 2.75) is 6.92 Å². The first kappa shape index (κ1) is 16.0. The number of para-hydroxylation sites is 3. The van der Waals surface area contributed by atoms with E-state index < -0.39 is 0 Å². The predicted octanol–water partition coefficient (Wildman–Crippen LogP) is 5.02. The molecule has 0 aliphatic rings. The average Bonchev–Trinajstić information content (AvgIpc) is 3.04. The van der Waals surface area contributed by atoms with Crippen molar-refractivity contribution < 1.29 is 0 Å². The van der Waals surface area contributed by atoms with E-state index in [0.29, 0.717) is 0 Å². The maximum Gasteiger partial charge on any atom is 0.140 e. The van der Waals surface area contributed by atoms with Crippen LogP contribution in [0.25, 0.3) is 38.6 Å². The molecule has 0 aliphatic carbocycles. The molecule has 5 aromatic rings. The highest BCUT2D eigenvalue weighted by atomic mass is 15.0. The van der Waals surface area contributed by atoms with Crippen LogP contribution in [0.3, 0.4) is 0 Å². The van der Waals surface area contributed by atoms with Crippen LogP contribution in [0.1, 0.15) is 5.56 Å². The molecule has 0 aliphatic heterocycles. The summed E-state index contributed by atoms with van der Waals surface area (Å²) in [5, 5.41) is 2.60. The number of hydrogen-bond acceptors (Lipinski definition) is 0. The van der Waals surface area contributed by atoms with Gasteiger partial charge in [-0.15, -0.1) is 0 Å². The van der Waals surface area contributed by atoms with E-state index in [2.05, 4.69) is 110 Å². The average molecular weight is 345 g/mol.